The highest BCUT2D eigenvalue weighted by Gasteiger charge is 2.52. The van der Waals surface area contributed by atoms with Crippen molar-refractivity contribution < 1.29 is 5.11 Å². The first-order valence-electron chi connectivity index (χ1n) is 5.24. The molecule has 3 nitrogen and oxygen atoms in total. The fourth-order valence-electron chi connectivity index (χ4n) is 3.05. The first kappa shape index (κ1) is 9.44. The summed E-state index contributed by atoms with van der Waals surface area (Å²) in [7, 11) is 0. The SMILES string of the molecule is CC1(O)CC(N)(C2CCNCC2)C1. The minimum atomic E-state index is -0.486. The largest absolute Gasteiger partial charge is 0.390 e. The molecule has 2 aliphatic rings. The third-order valence-corrected chi connectivity index (χ3v) is 3.57. The second kappa shape index (κ2) is 2.94. The molecule has 3 heteroatoms. The Morgan fingerprint density at radius 2 is 1.85 bits per heavy atom. The molecule has 0 radical (unpaired) electrons. The molecule has 4 N–H and O–H groups in total. The van der Waals surface area contributed by atoms with Crippen LogP contribution in [0.3, 0.4) is 0 Å². The first-order chi connectivity index (χ1) is 6.02. The number of aliphatic hydroxyl groups is 1. The third kappa shape index (κ3) is 1.73. The van der Waals surface area contributed by atoms with Crippen LogP contribution in [0.5, 0.6) is 0 Å². The van der Waals surface area contributed by atoms with Crippen molar-refractivity contribution >= 4 is 0 Å². The molecule has 2 fully saturated rings. The lowest BCUT2D eigenvalue weighted by Gasteiger charge is -2.54. The molecule has 76 valence electrons. The highest BCUT2D eigenvalue weighted by molar-refractivity contribution is 5.09. The molecule has 0 amide bonds. The molecule has 0 atom stereocenters. The molecule has 1 heterocycles. The van der Waals surface area contributed by atoms with Crippen LogP contribution in [0.15, 0.2) is 0 Å². The van der Waals surface area contributed by atoms with Gasteiger partial charge in [0.25, 0.3) is 0 Å². The van der Waals surface area contributed by atoms with Gasteiger partial charge in [0.2, 0.25) is 0 Å². The van der Waals surface area contributed by atoms with Crippen molar-refractivity contribution in [2.24, 2.45) is 11.7 Å². The van der Waals surface area contributed by atoms with E-state index >= 15 is 0 Å². The smallest absolute Gasteiger partial charge is 0.0655 e. The summed E-state index contributed by atoms with van der Waals surface area (Å²) in [6.07, 6.45) is 3.91. The van der Waals surface area contributed by atoms with Crippen molar-refractivity contribution in [3.63, 3.8) is 0 Å². The lowest BCUT2D eigenvalue weighted by Crippen LogP contribution is -2.65. The Kier molecular flexibility index (Phi) is 2.13. The highest BCUT2D eigenvalue weighted by Crippen LogP contribution is 2.46. The van der Waals surface area contributed by atoms with Gasteiger partial charge in [-0.25, -0.2) is 0 Å². The molecule has 0 aromatic heterocycles. The molecule has 2 rings (SSSR count). The zero-order chi connectivity index (χ0) is 9.53. The van der Waals surface area contributed by atoms with Gasteiger partial charge in [0.1, 0.15) is 0 Å². The predicted octanol–water partition coefficient (Wildman–Crippen LogP) is 0.228. The molecular weight excluding hydrogens is 164 g/mol. The minimum absolute atomic E-state index is 0.0639. The molecule has 13 heavy (non-hydrogen) atoms. The van der Waals surface area contributed by atoms with Crippen LogP contribution in [-0.4, -0.2) is 29.3 Å². The number of hydrogen-bond acceptors (Lipinski definition) is 3. The Bertz CT molecular complexity index is 189. The lowest BCUT2D eigenvalue weighted by atomic mass is 9.59. The number of nitrogens with one attached hydrogen (secondary N) is 1. The average Bonchev–Trinajstić information content (AvgIpc) is 2.02. The van der Waals surface area contributed by atoms with E-state index in [1.807, 2.05) is 6.92 Å². The Hall–Kier alpha value is -0.120. The Labute approximate surface area is 79.7 Å². The van der Waals surface area contributed by atoms with Crippen LogP contribution < -0.4 is 11.1 Å². The van der Waals surface area contributed by atoms with Crippen molar-refractivity contribution in [3.8, 4) is 0 Å². The zero-order valence-electron chi connectivity index (χ0n) is 8.34. The standard InChI is InChI=1S/C10H20N2O/c1-9(13)6-10(11,7-9)8-2-4-12-5-3-8/h8,12-13H,2-7,11H2,1H3. The maximum atomic E-state index is 9.68. The summed E-state index contributed by atoms with van der Waals surface area (Å²) in [5.74, 6) is 0.619. The Balaban J connectivity index is 1.93. The maximum Gasteiger partial charge on any atom is 0.0655 e. The topological polar surface area (TPSA) is 58.3 Å². The summed E-state index contributed by atoms with van der Waals surface area (Å²) in [5, 5.41) is 13.0. The van der Waals surface area contributed by atoms with E-state index in [-0.39, 0.29) is 5.54 Å². The fourth-order valence-corrected chi connectivity index (χ4v) is 3.05. The lowest BCUT2D eigenvalue weighted by molar-refractivity contribution is -0.0961. The minimum Gasteiger partial charge on any atom is -0.390 e. The van der Waals surface area contributed by atoms with Gasteiger partial charge in [0, 0.05) is 5.54 Å². The normalized spacial score (nSPS) is 47.3. The maximum absolute atomic E-state index is 9.68. The quantitative estimate of drug-likeness (QED) is 0.546. The van der Waals surface area contributed by atoms with E-state index in [0.29, 0.717) is 5.92 Å². The number of piperidine rings is 1. The summed E-state index contributed by atoms with van der Waals surface area (Å²) in [4.78, 5) is 0. The second-order valence-corrected chi connectivity index (χ2v) is 5.11. The van der Waals surface area contributed by atoms with Crippen LogP contribution in [0.1, 0.15) is 32.6 Å². The fraction of sp³-hybridized carbons (Fsp3) is 1.00. The van der Waals surface area contributed by atoms with Crippen LogP contribution in [-0.2, 0) is 0 Å². The van der Waals surface area contributed by atoms with Gasteiger partial charge in [-0.2, -0.15) is 0 Å². The summed E-state index contributed by atoms with van der Waals surface area (Å²) in [6, 6.07) is 0. The molecule has 1 saturated carbocycles. The third-order valence-electron chi connectivity index (χ3n) is 3.57. The molecule has 0 spiro atoms. The average molecular weight is 184 g/mol. The Morgan fingerprint density at radius 1 is 1.31 bits per heavy atom. The van der Waals surface area contributed by atoms with Gasteiger partial charge in [0.15, 0.2) is 0 Å². The van der Waals surface area contributed by atoms with E-state index in [0.717, 1.165) is 25.9 Å². The van der Waals surface area contributed by atoms with Gasteiger partial charge in [-0.05, 0) is 51.6 Å². The number of nitrogens with two attached hydrogens (primary N) is 1. The van der Waals surface area contributed by atoms with Crippen molar-refractivity contribution in [2.75, 3.05) is 13.1 Å². The molecule has 0 aromatic carbocycles. The van der Waals surface area contributed by atoms with Gasteiger partial charge in [0.05, 0.1) is 5.60 Å². The van der Waals surface area contributed by atoms with Gasteiger partial charge in [-0.15, -0.1) is 0 Å². The molecule has 1 aliphatic carbocycles. The molecule has 0 aromatic rings. The van der Waals surface area contributed by atoms with Crippen molar-refractivity contribution in [1.82, 2.24) is 5.32 Å². The van der Waals surface area contributed by atoms with E-state index < -0.39 is 5.60 Å². The second-order valence-electron chi connectivity index (χ2n) is 5.11. The van der Waals surface area contributed by atoms with Gasteiger partial charge in [-0.3, -0.25) is 0 Å². The van der Waals surface area contributed by atoms with Gasteiger partial charge >= 0.3 is 0 Å². The van der Waals surface area contributed by atoms with Crippen molar-refractivity contribution in [2.45, 2.75) is 43.7 Å². The molecule has 0 bridgehead atoms. The summed E-state index contributed by atoms with van der Waals surface area (Å²) in [6.45, 7) is 4.07. The van der Waals surface area contributed by atoms with Gasteiger partial charge < -0.3 is 16.2 Å². The zero-order valence-corrected chi connectivity index (χ0v) is 8.34. The van der Waals surface area contributed by atoms with E-state index in [9.17, 15) is 5.11 Å². The van der Waals surface area contributed by atoms with Crippen LogP contribution in [0, 0.1) is 5.92 Å². The number of rotatable bonds is 1. The van der Waals surface area contributed by atoms with E-state index in [2.05, 4.69) is 5.32 Å². The first-order valence-corrected chi connectivity index (χ1v) is 5.24. The van der Waals surface area contributed by atoms with Crippen LogP contribution in [0.2, 0.25) is 0 Å². The molecule has 1 aliphatic heterocycles. The van der Waals surface area contributed by atoms with Crippen molar-refractivity contribution in [3.05, 3.63) is 0 Å². The molecule has 0 unspecified atom stereocenters. The molecule has 1 saturated heterocycles. The molecular formula is C10H20N2O. The van der Waals surface area contributed by atoms with E-state index in [1.165, 1.54) is 12.8 Å². The summed E-state index contributed by atoms with van der Waals surface area (Å²) in [5.41, 5.74) is 5.72. The predicted molar refractivity (Wildman–Crippen MR) is 52.4 cm³/mol. The van der Waals surface area contributed by atoms with Crippen molar-refractivity contribution in [1.29, 1.82) is 0 Å². The van der Waals surface area contributed by atoms with Crippen LogP contribution >= 0.6 is 0 Å². The summed E-state index contributed by atoms with van der Waals surface area (Å²) < 4.78 is 0. The number of hydrogen-bond donors (Lipinski definition) is 3. The van der Waals surface area contributed by atoms with Crippen LogP contribution in [0.4, 0.5) is 0 Å². The van der Waals surface area contributed by atoms with E-state index in [4.69, 9.17) is 5.73 Å². The van der Waals surface area contributed by atoms with Gasteiger partial charge in [-0.1, -0.05) is 0 Å². The Morgan fingerprint density at radius 3 is 2.31 bits per heavy atom. The monoisotopic (exact) mass is 184 g/mol. The van der Waals surface area contributed by atoms with E-state index in [1.54, 1.807) is 0 Å². The summed E-state index contributed by atoms with van der Waals surface area (Å²) >= 11 is 0. The highest BCUT2D eigenvalue weighted by atomic mass is 16.3. The van der Waals surface area contributed by atoms with Crippen LogP contribution in [0.25, 0.3) is 0 Å².